The molecule has 1 heterocycles. The highest BCUT2D eigenvalue weighted by atomic mass is 16.4. The topological polar surface area (TPSA) is 104 Å². The van der Waals surface area contributed by atoms with Gasteiger partial charge in [-0.3, -0.25) is 24.1 Å². The van der Waals surface area contributed by atoms with Crippen LogP contribution in [0.25, 0.3) is 0 Å². The molecule has 1 aliphatic heterocycles. The maximum Gasteiger partial charge on any atom is 0.316 e. The van der Waals surface area contributed by atoms with Crippen LogP contribution in [0, 0.1) is 11.3 Å². The molecule has 1 aliphatic rings. The Hall–Kier alpha value is -2.70. The van der Waals surface area contributed by atoms with Crippen molar-refractivity contribution in [2.75, 3.05) is 5.32 Å². The van der Waals surface area contributed by atoms with Gasteiger partial charge in [-0.25, -0.2) is 0 Å². The Bertz CT molecular complexity index is 704. The summed E-state index contributed by atoms with van der Waals surface area (Å²) in [6.45, 7) is 5.10. The Balaban J connectivity index is 2.23. The van der Waals surface area contributed by atoms with Crippen LogP contribution in [0.4, 0.5) is 5.69 Å². The van der Waals surface area contributed by atoms with E-state index in [-0.39, 0.29) is 31.2 Å². The fraction of sp³-hybridized carbons (Fsp3) is 0.444. The highest BCUT2D eigenvalue weighted by molar-refractivity contribution is 6.05. The van der Waals surface area contributed by atoms with Crippen molar-refractivity contribution in [1.29, 1.82) is 0 Å². The van der Waals surface area contributed by atoms with Crippen LogP contribution in [0.15, 0.2) is 24.3 Å². The first-order valence-electron chi connectivity index (χ1n) is 8.06. The van der Waals surface area contributed by atoms with Gasteiger partial charge < -0.3 is 10.4 Å². The number of aliphatic carboxylic acids is 1. The normalized spacial score (nSPS) is 16.0. The molecule has 7 nitrogen and oxygen atoms in total. The second-order valence-electron chi connectivity index (χ2n) is 7.16. The molecule has 0 aliphatic carbocycles. The zero-order valence-electron chi connectivity index (χ0n) is 14.5. The average molecular weight is 346 g/mol. The van der Waals surface area contributed by atoms with E-state index in [9.17, 15) is 24.3 Å². The largest absolute Gasteiger partial charge is 0.481 e. The first kappa shape index (κ1) is 18.6. The van der Waals surface area contributed by atoms with Gasteiger partial charge in [0.1, 0.15) is 5.92 Å². The van der Waals surface area contributed by atoms with Gasteiger partial charge in [0.05, 0.1) is 6.54 Å². The number of carbonyl (C=O) groups is 4. The van der Waals surface area contributed by atoms with Crippen molar-refractivity contribution in [3.63, 3.8) is 0 Å². The van der Waals surface area contributed by atoms with E-state index >= 15 is 0 Å². The maximum absolute atomic E-state index is 12.5. The number of likely N-dealkylation sites (tertiary alicyclic amines) is 1. The van der Waals surface area contributed by atoms with Gasteiger partial charge in [0.25, 0.3) is 0 Å². The molecule has 0 bridgehead atoms. The van der Waals surface area contributed by atoms with Crippen LogP contribution in [-0.2, 0) is 25.7 Å². The van der Waals surface area contributed by atoms with E-state index in [1.807, 2.05) is 0 Å². The van der Waals surface area contributed by atoms with E-state index < -0.39 is 23.2 Å². The van der Waals surface area contributed by atoms with Gasteiger partial charge in [0.2, 0.25) is 17.7 Å². The predicted octanol–water partition coefficient (Wildman–Crippen LogP) is 2.02. The summed E-state index contributed by atoms with van der Waals surface area (Å²) in [6.07, 6.45) is 0.386. The molecule has 0 saturated carbocycles. The Kier molecular flexibility index (Phi) is 5.25. The molecule has 25 heavy (non-hydrogen) atoms. The molecule has 1 unspecified atom stereocenters. The second-order valence-corrected chi connectivity index (χ2v) is 7.16. The van der Waals surface area contributed by atoms with E-state index in [2.05, 4.69) is 5.32 Å². The first-order valence-corrected chi connectivity index (χ1v) is 8.06. The van der Waals surface area contributed by atoms with Crippen molar-refractivity contribution in [3.05, 3.63) is 29.8 Å². The van der Waals surface area contributed by atoms with Crippen LogP contribution >= 0.6 is 0 Å². The minimum atomic E-state index is -1.23. The number of carboxylic acid groups (broad SMARTS) is 1. The number of nitrogens with one attached hydrogen (secondary N) is 1. The van der Waals surface area contributed by atoms with E-state index in [1.165, 1.54) is 0 Å². The summed E-state index contributed by atoms with van der Waals surface area (Å²) < 4.78 is 0. The highest BCUT2D eigenvalue weighted by Gasteiger charge is 2.38. The molecule has 134 valence electrons. The van der Waals surface area contributed by atoms with Crippen molar-refractivity contribution in [3.8, 4) is 0 Å². The van der Waals surface area contributed by atoms with Gasteiger partial charge in [0.15, 0.2) is 0 Å². The molecular formula is C18H22N2O5. The molecule has 0 spiro atoms. The van der Waals surface area contributed by atoms with Crippen LogP contribution in [0.2, 0.25) is 0 Å². The minimum absolute atomic E-state index is 0.0569. The average Bonchev–Trinajstić information content (AvgIpc) is 2.79. The number of anilines is 1. The fourth-order valence-corrected chi connectivity index (χ4v) is 2.83. The second kappa shape index (κ2) is 7.04. The third-order valence-electron chi connectivity index (χ3n) is 4.13. The lowest BCUT2D eigenvalue weighted by Crippen LogP contribution is -2.39. The smallest absolute Gasteiger partial charge is 0.316 e. The lowest BCUT2D eigenvalue weighted by atomic mass is 9.80. The zero-order valence-corrected chi connectivity index (χ0v) is 14.5. The van der Waals surface area contributed by atoms with Crippen LogP contribution in [-0.4, -0.2) is 33.7 Å². The Morgan fingerprint density at radius 3 is 2.24 bits per heavy atom. The molecule has 7 heteroatoms. The van der Waals surface area contributed by atoms with Gasteiger partial charge in [0, 0.05) is 18.5 Å². The number of nitrogens with zero attached hydrogens (tertiary/aromatic N) is 1. The highest BCUT2D eigenvalue weighted by Crippen LogP contribution is 2.28. The number of carbonyl (C=O) groups excluding carboxylic acids is 3. The number of rotatable bonds is 5. The van der Waals surface area contributed by atoms with Crippen molar-refractivity contribution in [2.45, 2.75) is 40.2 Å². The Morgan fingerprint density at radius 2 is 1.72 bits per heavy atom. The third-order valence-corrected chi connectivity index (χ3v) is 4.13. The number of para-hydroxylation sites is 1. The van der Waals surface area contributed by atoms with Crippen LogP contribution < -0.4 is 5.32 Å². The minimum Gasteiger partial charge on any atom is -0.481 e. The lowest BCUT2D eigenvalue weighted by molar-refractivity contribution is -0.150. The molecule has 1 saturated heterocycles. The van der Waals surface area contributed by atoms with Crippen molar-refractivity contribution in [2.24, 2.45) is 11.3 Å². The molecule has 2 rings (SSSR count). The molecule has 0 aromatic heterocycles. The maximum atomic E-state index is 12.5. The molecule has 0 radical (unpaired) electrons. The lowest BCUT2D eigenvalue weighted by Gasteiger charge is -2.26. The van der Waals surface area contributed by atoms with Crippen molar-refractivity contribution in [1.82, 2.24) is 4.90 Å². The van der Waals surface area contributed by atoms with Crippen LogP contribution in [0.3, 0.4) is 0 Å². The van der Waals surface area contributed by atoms with Gasteiger partial charge in [-0.15, -0.1) is 0 Å². The van der Waals surface area contributed by atoms with Crippen LogP contribution in [0.1, 0.15) is 39.2 Å². The number of hydrogen-bond acceptors (Lipinski definition) is 4. The quantitative estimate of drug-likeness (QED) is 0.627. The summed E-state index contributed by atoms with van der Waals surface area (Å²) in [4.78, 5) is 48.7. The molecule has 1 fully saturated rings. The molecule has 1 aromatic rings. The molecule has 2 N–H and O–H groups in total. The number of hydrogen-bond donors (Lipinski definition) is 2. The predicted molar refractivity (Wildman–Crippen MR) is 90.4 cm³/mol. The van der Waals surface area contributed by atoms with Gasteiger partial charge in [-0.1, -0.05) is 39.0 Å². The Labute approximate surface area is 146 Å². The van der Waals surface area contributed by atoms with E-state index in [0.717, 1.165) is 4.90 Å². The summed E-state index contributed by atoms with van der Waals surface area (Å²) in [5.74, 6) is -3.55. The molecular weight excluding hydrogens is 324 g/mol. The van der Waals surface area contributed by atoms with Crippen molar-refractivity contribution >= 4 is 29.4 Å². The van der Waals surface area contributed by atoms with E-state index in [0.29, 0.717) is 11.3 Å². The first-order chi connectivity index (χ1) is 11.6. The molecule has 1 aromatic carbocycles. The standard InChI is InChI=1S/C18H22N2O5/c1-18(2,3)15(17(24)25)16(23)19-12-7-5-4-6-11(12)10-20-13(21)8-9-14(20)22/h4-7,15H,8-10H2,1-3H3,(H,19,23)(H,24,25). The van der Waals surface area contributed by atoms with Gasteiger partial charge in [-0.2, -0.15) is 0 Å². The van der Waals surface area contributed by atoms with Gasteiger partial charge in [-0.05, 0) is 17.0 Å². The number of amides is 3. The monoisotopic (exact) mass is 346 g/mol. The fourth-order valence-electron chi connectivity index (χ4n) is 2.83. The summed E-state index contributed by atoms with van der Waals surface area (Å²) >= 11 is 0. The number of carboxylic acids is 1. The number of imide groups is 1. The summed E-state index contributed by atoms with van der Waals surface area (Å²) in [5, 5.41) is 12.0. The summed E-state index contributed by atoms with van der Waals surface area (Å²) in [7, 11) is 0. The summed E-state index contributed by atoms with van der Waals surface area (Å²) in [5.41, 5.74) is 0.221. The van der Waals surface area contributed by atoms with Gasteiger partial charge >= 0.3 is 5.97 Å². The molecule has 1 atom stereocenters. The molecule has 3 amide bonds. The third kappa shape index (κ3) is 4.23. The van der Waals surface area contributed by atoms with E-state index in [1.54, 1.807) is 45.0 Å². The SMILES string of the molecule is CC(C)(C)C(C(=O)O)C(=O)Nc1ccccc1CN1C(=O)CCC1=O. The zero-order chi connectivity index (χ0) is 18.8. The van der Waals surface area contributed by atoms with E-state index in [4.69, 9.17) is 0 Å². The Morgan fingerprint density at radius 1 is 1.16 bits per heavy atom. The van der Waals surface area contributed by atoms with Crippen LogP contribution in [0.5, 0.6) is 0 Å². The number of benzene rings is 1. The summed E-state index contributed by atoms with van der Waals surface area (Å²) in [6, 6.07) is 6.75. The van der Waals surface area contributed by atoms with Crippen molar-refractivity contribution < 1.29 is 24.3 Å².